The van der Waals surface area contributed by atoms with E-state index in [1.807, 2.05) is 0 Å². The molecule has 15 heavy (non-hydrogen) atoms. The fraction of sp³-hybridized carbons (Fsp3) is 0.600. The molecule has 0 aromatic carbocycles. The van der Waals surface area contributed by atoms with Gasteiger partial charge in [0.1, 0.15) is 0 Å². The predicted molar refractivity (Wildman–Crippen MR) is 52.7 cm³/mol. The fourth-order valence-corrected chi connectivity index (χ4v) is 1.79. The number of ether oxygens (including phenoxy) is 1. The van der Waals surface area contributed by atoms with Crippen molar-refractivity contribution in [1.29, 1.82) is 0 Å². The van der Waals surface area contributed by atoms with Crippen molar-refractivity contribution in [3.05, 3.63) is 18.0 Å². The predicted octanol–water partition coefficient (Wildman–Crippen LogP) is 1.01. The zero-order chi connectivity index (χ0) is 10.7. The van der Waals surface area contributed by atoms with Crippen LogP contribution in [-0.4, -0.2) is 34.1 Å². The molecule has 2 rings (SSSR count). The zero-order valence-corrected chi connectivity index (χ0v) is 8.43. The van der Waals surface area contributed by atoms with Crippen molar-refractivity contribution >= 4 is 5.97 Å². The summed E-state index contributed by atoms with van der Waals surface area (Å²) in [4.78, 5) is 10.6. The maximum absolute atomic E-state index is 10.6. The number of hydrogen-bond donors (Lipinski definition) is 1. The highest BCUT2D eigenvalue weighted by atomic mass is 16.5. The molecule has 82 valence electrons. The topological polar surface area (TPSA) is 64.3 Å². The van der Waals surface area contributed by atoms with Gasteiger partial charge < -0.3 is 9.84 Å². The van der Waals surface area contributed by atoms with Gasteiger partial charge in [0.15, 0.2) is 0 Å². The summed E-state index contributed by atoms with van der Waals surface area (Å²) in [5, 5.41) is 12.7. The van der Waals surface area contributed by atoms with E-state index in [4.69, 9.17) is 9.84 Å². The van der Waals surface area contributed by atoms with E-state index in [-0.39, 0.29) is 5.56 Å². The summed E-state index contributed by atoms with van der Waals surface area (Å²) in [7, 11) is 0. The second-order valence-electron chi connectivity index (χ2n) is 3.84. The smallest absolute Gasteiger partial charge is 0.338 e. The van der Waals surface area contributed by atoms with Gasteiger partial charge in [0.25, 0.3) is 0 Å². The highest BCUT2D eigenvalue weighted by molar-refractivity contribution is 5.86. The van der Waals surface area contributed by atoms with E-state index in [1.165, 1.54) is 6.20 Å². The van der Waals surface area contributed by atoms with Gasteiger partial charge in [-0.15, -0.1) is 0 Å². The number of nitrogens with zero attached hydrogens (tertiary/aromatic N) is 2. The molecule has 1 fully saturated rings. The minimum atomic E-state index is -0.929. The van der Waals surface area contributed by atoms with Gasteiger partial charge in [0.05, 0.1) is 18.4 Å². The maximum Gasteiger partial charge on any atom is 0.338 e. The second kappa shape index (κ2) is 4.44. The lowest BCUT2D eigenvalue weighted by atomic mass is 10.0. The Balaban J connectivity index is 1.94. The average Bonchev–Trinajstić information content (AvgIpc) is 2.68. The highest BCUT2D eigenvalue weighted by Gasteiger charge is 2.15. The second-order valence-corrected chi connectivity index (χ2v) is 3.84. The number of carbonyl (C=O) groups is 1. The van der Waals surface area contributed by atoms with Gasteiger partial charge in [0, 0.05) is 25.3 Å². The molecule has 0 aliphatic carbocycles. The Hall–Kier alpha value is -1.36. The van der Waals surface area contributed by atoms with Crippen LogP contribution in [0.2, 0.25) is 0 Å². The molecule has 5 heteroatoms. The van der Waals surface area contributed by atoms with Crippen molar-refractivity contribution in [2.45, 2.75) is 19.4 Å². The molecule has 1 aromatic rings. The van der Waals surface area contributed by atoms with Crippen LogP contribution in [-0.2, 0) is 11.3 Å². The van der Waals surface area contributed by atoms with Crippen molar-refractivity contribution < 1.29 is 14.6 Å². The van der Waals surface area contributed by atoms with Crippen LogP contribution in [0.1, 0.15) is 23.2 Å². The van der Waals surface area contributed by atoms with Crippen LogP contribution in [0.3, 0.4) is 0 Å². The first kappa shape index (κ1) is 10.2. The van der Waals surface area contributed by atoms with E-state index in [0.29, 0.717) is 5.92 Å². The monoisotopic (exact) mass is 210 g/mol. The quantitative estimate of drug-likeness (QED) is 0.808. The number of carboxylic acids is 1. The van der Waals surface area contributed by atoms with E-state index < -0.39 is 5.97 Å². The lowest BCUT2D eigenvalue weighted by Crippen LogP contribution is -2.22. The molecule has 0 amide bonds. The zero-order valence-electron chi connectivity index (χ0n) is 8.43. The summed E-state index contributed by atoms with van der Waals surface area (Å²) in [6, 6.07) is 0. The van der Waals surface area contributed by atoms with E-state index in [2.05, 4.69) is 5.10 Å². The van der Waals surface area contributed by atoms with Crippen LogP contribution in [0, 0.1) is 5.92 Å². The normalized spacial score (nSPS) is 21.5. The molecule has 0 saturated carbocycles. The molecule has 1 aliphatic heterocycles. The molecule has 0 bridgehead atoms. The molecule has 0 unspecified atom stereocenters. The standard InChI is InChI=1S/C10H14N2O3/c13-10(14)9-4-11-12(6-9)5-8-2-1-3-15-7-8/h4,6,8H,1-3,5,7H2,(H,13,14)/t8-/m0/s1. The molecule has 2 heterocycles. The van der Waals surface area contributed by atoms with Gasteiger partial charge >= 0.3 is 5.97 Å². The molecule has 5 nitrogen and oxygen atoms in total. The summed E-state index contributed by atoms with van der Waals surface area (Å²) in [6.45, 7) is 2.34. The van der Waals surface area contributed by atoms with Gasteiger partial charge in [0.2, 0.25) is 0 Å². The van der Waals surface area contributed by atoms with E-state index >= 15 is 0 Å². The number of aromatic nitrogens is 2. The van der Waals surface area contributed by atoms with Crippen LogP contribution >= 0.6 is 0 Å². The Morgan fingerprint density at radius 1 is 1.73 bits per heavy atom. The van der Waals surface area contributed by atoms with Gasteiger partial charge in [-0.25, -0.2) is 4.79 Å². The van der Waals surface area contributed by atoms with Crippen LogP contribution < -0.4 is 0 Å². The third-order valence-corrected chi connectivity index (χ3v) is 2.58. The number of carboxylic acid groups (broad SMARTS) is 1. The number of aromatic carboxylic acids is 1. The largest absolute Gasteiger partial charge is 0.478 e. The van der Waals surface area contributed by atoms with Crippen molar-refractivity contribution in [2.75, 3.05) is 13.2 Å². The third-order valence-electron chi connectivity index (χ3n) is 2.58. The Morgan fingerprint density at radius 2 is 2.60 bits per heavy atom. The van der Waals surface area contributed by atoms with Crippen LogP contribution in [0.15, 0.2) is 12.4 Å². The van der Waals surface area contributed by atoms with E-state index in [1.54, 1.807) is 10.9 Å². The van der Waals surface area contributed by atoms with Gasteiger partial charge in [-0.2, -0.15) is 5.10 Å². The van der Waals surface area contributed by atoms with Crippen molar-refractivity contribution in [3.8, 4) is 0 Å². The molecule has 0 radical (unpaired) electrons. The van der Waals surface area contributed by atoms with Crippen molar-refractivity contribution in [3.63, 3.8) is 0 Å². The summed E-state index contributed by atoms with van der Waals surface area (Å²) in [6.07, 6.45) is 5.16. The van der Waals surface area contributed by atoms with Gasteiger partial charge in [-0.1, -0.05) is 0 Å². The van der Waals surface area contributed by atoms with E-state index in [0.717, 1.165) is 32.6 Å². The SMILES string of the molecule is O=C(O)c1cnn(C[C@@H]2CCCOC2)c1. The number of rotatable bonds is 3. The first-order chi connectivity index (χ1) is 7.25. The molecule has 1 aliphatic rings. The Morgan fingerprint density at radius 3 is 3.20 bits per heavy atom. The molecular weight excluding hydrogens is 196 g/mol. The van der Waals surface area contributed by atoms with Crippen LogP contribution in [0.4, 0.5) is 0 Å². The summed E-state index contributed by atoms with van der Waals surface area (Å²) in [5.74, 6) is -0.471. The van der Waals surface area contributed by atoms with Crippen LogP contribution in [0.5, 0.6) is 0 Å². The third kappa shape index (κ3) is 2.56. The lowest BCUT2D eigenvalue weighted by molar-refractivity contribution is 0.0470. The fourth-order valence-electron chi connectivity index (χ4n) is 1.79. The molecule has 1 atom stereocenters. The first-order valence-corrected chi connectivity index (χ1v) is 5.09. The van der Waals surface area contributed by atoms with Gasteiger partial charge in [-0.3, -0.25) is 4.68 Å². The molecule has 1 saturated heterocycles. The number of hydrogen-bond acceptors (Lipinski definition) is 3. The minimum absolute atomic E-state index is 0.242. The summed E-state index contributed by atoms with van der Waals surface area (Å²) in [5.41, 5.74) is 0.242. The summed E-state index contributed by atoms with van der Waals surface area (Å²) < 4.78 is 7.03. The molecule has 0 spiro atoms. The van der Waals surface area contributed by atoms with Crippen LogP contribution in [0.25, 0.3) is 0 Å². The molecule has 1 N–H and O–H groups in total. The highest BCUT2D eigenvalue weighted by Crippen LogP contribution is 2.15. The average molecular weight is 210 g/mol. The van der Waals surface area contributed by atoms with Gasteiger partial charge in [-0.05, 0) is 12.8 Å². The Labute approximate surface area is 87.7 Å². The lowest BCUT2D eigenvalue weighted by Gasteiger charge is -2.21. The Kier molecular flexibility index (Phi) is 3.01. The summed E-state index contributed by atoms with van der Waals surface area (Å²) >= 11 is 0. The van der Waals surface area contributed by atoms with Crippen molar-refractivity contribution in [1.82, 2.24) is 9.78 Å². The maximum atomic E-state index is 10.6. The first-order valence-electron chi connectivity index (χ1n) is 5.09. The molecule has 1 aromatic heterocycles. The minimum Gasteiger partial charge on any atom is -0.478 e. The van der Waals surface area contributed by atoms with Crippen molar-refractivity contribution in [2.24, 2.45) is 5.92 Å². The van der Waals surface area contributed by atoms with E-state index in [9.17, 15) is 4.79 Å². The Bertz CT molecular complexity index is 342. The molecular formula is C10H14N2O3.